The molecule has 1 N–H and O–H groups in total. The molecule has 0 aromatic heterocycles. The number of carbonyl (C=O) groups excluding carboxylic acids is 1. The van der Waals surface area contributed by atoms with E-state index in [-0.39, 0.29) is 19.2 Å². The number of nitrogens with zero attached hydrogens (tertiary/aromatic N) is 2. The van der Waals surface area contributed by atoms with Gasteiger partial charge in [-0.05, 0) is 57.5 Å². The van der Waals surface area contributed by atoms with Gasteiger partial charge in [0.1, 0.15) is 0 Å². The van der Waals surface area contributed by atoms with Gasteiger partial charge in [0.15, 0.2) is 11.5 Å². The molecular formula is C19H29N3O5S. The van der Waals surface area contributed by atoms with Crippen LogP contribution in [0.1, 0.15) is 32.1 Å². The van der Waals surface area contributed by atoms with E-state index in [1.807, 2.05) is 0 Å². The first-order valence-electron chi connectivity index (χ1n) is 9.80. The van der Waals surface area contributed by atoms with Crippen LogP contribution in [-0.2, 0) is 14.8 Å². The molecule has 28 heavy (non-hydrogen) atoms. The maximum absolute atomic E-state index is 12.2. The number of fused-ring (bicyclic) bond motifs is 1. The van der Waals surface area contributed by atoms with Gasteiger partial charge in [0.2, 0.25) is 22.7 Å². The molecule has 3 rings (SSSR count). The molecule has 2 heterocycles. The van der Waals surface area contributed by atoms with Crippen molar-refractivity contribution in [3.63, 3.8) is 0 Å². The van der Waals surface area contributed by atoms with Gasteiger partial charge in [0, 0.05) is 25.6 Å². The van der Waals surface area contributed by atoms with Crippen LogP contribution in [0.3, 0.4) is 0 Å². The van der Waals surface area contributed by atoms with Crippen LogP contribution in [0.25, 0.3) is 0 Å². The lowest BCUT2D eigenvalue weighted by atomic mass is 10.2. The zero-order chi connectivity index (χ0) is 20.0. The summed E-state index contributed by atoms with van der Waals surface area (Å²) in [5.74, 6) is 1.09. The van der Waals surface area contributed by atoms with E-state index in [9.17, 15) is 13.2 Å². The summed E-state index contributed by atoms with van der Waals surface area (Å²) in [6, 6.07) is 5.04. The Morgan fingerprint density at radius 3 is 2.68 bits per heavy atom. The number of benzene rings is 1. The third-order valence-electron chi connectivity index (χ3n) is 4.98. The normalized spacial score (nSPS) is 16.3. The van der Waals surface area contributed by atoms with Crippen LogP contribution >= 0.6 is 0 Å². The number of carbonyl (C=O) groups is 1. The van der Waals surface area contributed by atoms with Gasteiger partial charge in [-0.1, -0.05) is 0 Å². The summed E-state index contributed by atoms with van der Waals surface area (Å²) in [6.45, 7) is 4.37. The molecule has 156 valence electrons. The quantitative estimate of drug-likeness (QED) is 0.588. The highest BCUT2D eigenvalue weighted by atomic mass is 32.2. The van der Waals surface area contributed by atoms with Crippen LogP contribution in [0.5, 0.6) is 11.5 Å². The highest BCUT2D eigenvalue weighted by molar-refractivity contribution is 7.92. The van der Waals surface area contributed by atoms with Crippen LogP contribution in [0.15, 0.2) is 18.2 Å². The molecule has 2 aliphatic heterocycles. The van der Waals surface area contributed by atoms with E-state index in [2.05, 4.69) is 10.2 Å². The Bertz CT molecular complexity index is 778. The SMILES string of the molecule is CS(=O)(=O)N(CCCC(=O)NCCCN1CCCC1)c1ccc2c(c1)OCO2. The van der Waals surface area contributed by atoms with Gasteiger partial charge >= 0.3 is 0 Å². The minimum atomic E-state index is -3.46. The number of sulfonamides is 1. The van der Waals surface area contributed by atoms with Crippen LogP contribution in [0, 0.1) is 0 Å². The second-order valence-electron chi connectivity index (χ2n) is 7.23. The van der Waals surface area contributed by atoms with E-state index in [4.69, 9.17) is 9.47 Å². The van der Waals surface area contributed by atoms with Crippen molar-refractivity contribution in [2.45, 2.75) is 32.1 Å². The molecule has 1 aromatic carbocycles. The van der Waals surface area contributed by atoms with Crippen molar-refractivity contribution in [1.29, 1.82) is 0 Å². The van der Waals surface area contributed by atoms with E-state index in [1.54, 1.807) is 18.2 Å². The standard InChI is InChI=1S/C19H29N3O5S/c1-28(24,25)22(16-7-8-17-18(14-16)27-15-26-17)13-4-6-19(23)20-9-5-12-21-10-2-3-11-21/h7-8,14H,2-6,9-13,15H2,1H3,(H,20,23). The summed E-state index contributed by atoms with van der Waals surface area (Å²) in [5.41, 5.74) is 0.512. The van der Waals surface area contributed by atoms with Crippen LogP contribution in [0.2, 0.25) is 0 Å². The van der Waals surface area contributed by atoms with Crippen LogP contribution < -0.4 is 19.1 Å². The molecule has 1 aromatic rings. The zero-order valence-corrected chi connectivity index (χ0v) is 17.2. The van der Waals surface area contributed by atoms with Gasteiger partial charge in [0.25, 0.3) is 0 Å². The number of anilines is 1. The lowest BCUT2D eigenvalue weighted by molar-refractivity contribution is -0.121. The van der Waals surface area contributed by atoms with Crippen LogP contribution in [0.4, 0.5) is 5.69 Å². The van der Waals surface area contributed by atoms with E-state index in [0.717, 1.165) is 32.3 Å². The van der Waals surface area contributed by atoms with E-state index in [0.29, 0.717) is 36.6 Å². The maximum Gasteiger partial charge on any atom is 0.232 e. The Morgan fingerprint density at radius 1 is 1.18 bits per heavy atom. The average Bonchev–Trinajstić information content (AvgIpc) is 3.32. The summed E-state index contributed by atoms with van der Waals surface area (Å²) in [7, 11) is -3.46. The van der Waals surface area contributed by atoms with Gasteiger partial charge in [-0.25, -0.2) is 8.42 Å². The van der Waals surface area contributed by atoms with E-state index in [1.165, 1.54) is 17.1 Å². The molecule has 0 radical (unpaired) electrons. The summed E-state index contributed by atoms with van der Waals surface area (Å²) in [6.07, 6.45) is 5.38. The molecule has 0 unspecified atom stereocenters. The topological polar surface area (TPSA) is 88.2 Å². The molecule has 0 bridgehead atoms. The molecular weight excluding hydrogens is 382 g/mol. The molecule has 0 spiro atoms. The smallest absolute Gasteiger partial charge is 0.232 e. The number of nitrogens with one attached hydrogen (secondary N) is 1. The predicted molar refractivity (Wildman–Crippen MR) is 107 cm³/mol. The minimum absolute atomic E-state index is 0.0411. The third kappa shape index (κ3) is 5.75. The molecule has 0 atom stereocenters. The zero-order valence-electron chi connectivity index (χ0n) is 16.4. The van der Waals surface area contributed by atoms with Crippen molar-refractivity contribution >= 4 is 21.6 Å². The molecule has 1 amide bonds. The fourth-order valence-corrected chi connectivity index (χ4v) is 4.49. The Labute approximate surface area is 166 Å². The highest BCUT2D eigenvalue weighted by Gasteiger charge is 2.21. The van der Waals surface area contributed by atoms with E-state index >= 15 is 0 Å². The fourth-order valence-electron chi connectivity index (χ4n) is 3.54. The number of amides is 1. The van der Waals surface area contributed by atoms with Crippen molar-refractivity contribution in [1.82, 2.24) is 10.2 Å². The number of hydrogen-bond acceptors (Lipinski definition) is 6. The number of ether oxygens (including phenoxy) is 2. The lowest BCUT2D eigenvalue weighted by Gasteiger charge is -2.22. The Balaban J connectivity index is 1.43. The predicted octanol–water partition coefficient (Wildman–Crippen LogP) is 1.56. The molecule has 0 saturated carbocycles. The first-order chi connectivity index (χ1) is 13.4. The molecule has 9 heteroatoms. The Hall–Kier alpha value is -2.00. The number of likely N-dealkylation sites (tertiary alicyclic amines) is 1. The molecule has 2 aliphatic rings. The second kappa shape index (κ2) is 9.47. The average molecular weight is 412 g/mol. The lowest BCUT2D eigenvalue weighted by Crippen LogP contribution is -2.32. The molecule has 0 aliphatic carbocycles. The summed E-state index contributed by atoms with van der Waals surface area (Å²) < 4.78 is 36.3. The van der Waals surface area contributed by atoms with Crippen molar-refractivity contribution in [2.24, 2.45) is 0 Å². The Morgan fingerprint density at radius 2 is 1.93 bits per heavy atom. The van der Waals surface area contributed by atoms with E-state index < -0.39 is 10.0 Å². The largest absolute Gasteiger partial charge is 0.454 e. The van der Waals surface area contributed by atoms with Gasteiger partial charge in [0.05, 0.1) is 11.9 Å². The maximum atomic E-state index is 12.2. The van der Waals surface area contributed by atoms with Crippen LogP contribution in [-0.4, -0.2) is 65.0 Å². The molecule has 8 nitrogen and oxygen atoms in total. The summed E-state index contributed by atoms with van der Waals surface area (Å²) in [5, 5.41) is 2.92. The minimum Gasteiger partial charge on any atom is -0.454 e. The van der Waals surface area contributed by atoms with Gasteiger partial charge in [-0.3, -0.25) is 9.10 Å². The third-order valence-corrected chi connectivity index (χ3v) is 6.18. The number of rotatable bonds is 10. The Kier molecular flexibility index (Phi) is 7.01. The first kappa shape index (κ1) is 20.7. The fraction of sp³-hybridized carbons (Fsp3) is 0.632. The van der Waals surface area contributed by atoms with Gasteiger partial charge in [-0.15, -0.1) is 0 Å². The van der Waals surface area contributed by atoms with Gasteiger partial charge in [-0.2, -0.15) is 0 Å². The molecule has 1 fully saturated rings. The summed E-state index contributed by atoms with van der Waals surface area (Å²) >= 11 is 0. The van der Waals surface area contributed by atoms with Crippen molar-refractivity contribution in [3.05, 3.63) is 18.2 Å². The highest BCUT2D eigenvalue weighted by Crippen LogP contribution is 2.36. The van der Waals surface area contributed by atoms with Gasteiger partial charge < -0.3 is 19.7 Å². The second-order valence-corrected chi connectivity index (χ2v) is 9.14. The summed E-state index contributed by atoms with van der Waals surface area (Å²) in [4.78, 5) is 14.4. The first-order valence-corrected chi connectivity index (χ1v) is 11.6. The van der Waals surface area contributed by atoms with Crippen molar-refractivity contribution < 1.29 is 22.7 Å². The molecule has 1 saturated heterocycles. The van der Waals surface area contributed by atoms with Crippen molar-refractivity contribution in [3.8, 4) is 11.5 Å². The van der Waals surface area contributed by atoms with Crippen molar-refractivity contribution in [2.75, 3.05) is 50.1 Å². The number of hydrogen-bond donors (Lipinski definition) is 1. The monoisotopic (exact) mass is 411 g/mol.